The molecule has 1 saturated heterocycles. The van der Waals surface area contributed by atoms with Gasteiger partial charge in [-0.2, -0.15) is 0 Å². The number of anilines is 2. The molecule has 3 rings (SSSR count). The Morgan fingerprint density at radius 2 is 1.64 bits per heavy atom. The number of nitrogens with zero attached hydrogens (tertiary/aromatic N) is 2. The molecule has 0 atom stereocenters. The minimum Gasteiger partial charge on any atom is -0.369 e. The fourth-order valence-corrected chi connectivity index (χ4v) is 3.20. The summed E-state index contributed by atoms with van der Waals surface area (Å²) >= 11 is 5.87. The maximum absolute atomic E-state index is 12.2. The number of piperazine rings is 1. The Kier molecular flexibility index (Phi) is 5.95. The predicted molar refractivity (Wildman–Crippen MR) is 105 cm³/mol. The van der Waals surface area contributed by atoms with Crippen molar-refractivity contribution in [2.24, 2.45) is 0 Å². The average molecular weight is 358 g/mol. The van der Waals surface area contributed by atoms with Gasteiger partial charge in [-0.1, -0.05) is 30.7 Å². The minimum absolute atomic E-state index is 0.0216. The SMILES string of the molecule is CCN1CCN(c2ccc(NC(=O)Cc3ccc(Cl)cc3)cc2)CC1. The highest BCUT2D eigenvalue weighted by atomic mass is 35.5. The molecular formula is C20H24ClN3O. The maximum atomic E-state index is 12.2. The van der Waals surface area contributed by atoms with Crippen LogP contribution in [-0.2, 0) is 11.2 Å². The van der Waals surface area contributed by atoms with Crippen molar-refractivity contribution in [2.45, 2.75) is 13.3 Å². The lowest BCUT2D eigenvalue weighted by Crippen LogP contribution is -2.46. The number of rotatable bonds is 5. The van der Waals surface area contributed by atoms with Gasteiger partial charge >= 0.3 is 0 Å². The first-order valence-electron chi connectivity index (χ1n) is 8.75. The number of nitrogens with one attached hydrogen (secondary N) is 1. The number of likely N-dealkylation sites (N-methyl/N-ethyl adjacent to an activating group) is 1. The second kappa shape index (κ2) is 8.37. The quantitative estimate of drug-likeness (QED) is 0.887. The van der Waals surface area contributed by atoms with Crippen molar-refractivity contribution >= 4 is 28.9 Å². The Balaban J connectivity index is 1.53. The summed E-state index contributed by atoms with van der Waals surface area (Å²) in [6.45, 7) is 7.64. The first-order valence-corrected chi connectivity index (χ1v) is 9.13. The van der Waals surface area contributed by atoms with Crippen molar-refractivity contribution in [3.05, 3.63) is 59.1 Å². The Hall–Kier alpha value is -2.04. The number of halogens is 1. The molecule has 0 aromatic heterocycles. The van der Waals surface area contributed by atoms with Gasteiger partial charge in [0.15, 0.2) is 0 Å². The van der Waals surface area contributed by atoms with Crippen LogP contribution in [0.2, 0.25) is 5.02 Å². The van der Waals surface area contributed by atoms with Gasteiger partial charge in [0, 0.05) is 42.6 Å². The molecule has 0 spiro atoms. The van der Waals surface area contributed by atoms with Crippen LogP contribution in [0.15, 0.2) is 48.5 Å². The van der Waals surface area contributed by atoms with Gasteiger partial charge in [-0.15, -0.1) is 0 Å². The normalized spacial score (nSPS) is 15.2. The molecule has 1 amide bonds. The molecule has 2 aromatic carbocycles. The van der Waals surface area contributed by atoms with E-state index in [0.29, 0.717) is 11.4 Å². The molecule has 25 heavy (non-hydrogen) atoms. The summed E-state index contributed by atoms with van der Waals surface area (Å²) in [4.78, 5) is 17.0. The monoisotopic (exact) mass is 357 g/mol. The van der Waals surface area contributed by atoms with Crippen LogP contribution in [-0.4, -0.2) is 43.5 Å². The van der Waals surface area contributed by atoms with Crippen molar-refractivity contribution < 1.29 is 4.79 Å². The van der Waals surface area contributed by atoms with Crippen LogP contribution in [0, 0.1) is 0 Å². The fourth-order valence-electron chi connectivity index (χ4n) is 3.07. The van der Waals surface area contributed by atoms with E-state index in [9.17, 15) is 4.79 Å². The minimum atomic E-state index is -0.0216. The van der Waals surface area contributed by atoms with Crippen molar-refractivity contribution in [2.75, 3.05) is 42.9 Å². The van der Waals surface area contributed by atoms with Gasteiger partial charge in [-0.05, 0) is 48.5 Å². The van der Waals surface area contributed by atoms with E-state index in [4.69, 9.17) is 11.6 Å². The zero-order valence-corrected chi connectivity index (χ0v) is 15.3. The third-order valence-electron chi connectivity index (χ3n) is 4.61. The molecule has 1 aliphatic rings. The van der Waals surface area contributed by atoms with Gasteiger partial charge in [0.2, 0.25) is 5.91 Å². The topological polar surface area (TPSA) is 35.6 Å². The van der Waals surface area contributed by atoms with E-state index in [1.54, 1.807) is 12.1 Å². The van der Waals surface area contributed by atoms with Gasteiger partial charge < -0.3 is 15.1 Å². The summed E-state index contributed by atoms with van der Waals surface area (Å²) in [6.07, 6.45) is 0.345. The lowest BCUT2D eigenvalue weighted by atomic mass is 10.1. The lowest BCUT2D eigenvalue weighted by molar-refractivity contribution is -0.115. The molecule has 1 heterocycles. The summed E-state index contributed by atoms with van der Waals surface area (Å²) in [7, 11) is 0. The predicted octanol–water partition coefficient (Wildman–Crippen LogP) is 3.66. The van der Waals surface area contributed by atoms with E-state index in [1.165, 1.54) is 5.69 Å². The molecule has 4 nitrogen and oxygen atoms in total. The van der Waals surface area contributed by atoms with Crippen LogP contribution in [0.1, 0.15) is 12.5 Å². The summed E-state index contributed by atoms with van der Waals surface area (Å²) in [5.74, 6) is -0.0216. The van der Waals surface area contributed by atoms with Gasteiger partial charge in [0.25, 0.3) is 0 Å². The number of benzene rings is 2. The largest absolute Gasteiger partial charge is 0.369 e. The van der Waals surface area contributed by atoms with E-state index in [1.807, 2.05) is 24.3 Å². The van der Waals surface area contributed by atoms with Crippen molar-refractivity contribution in [3.63, 3.8) is 0 Å². The first-order chi connectivity index (χ1) is 12.1. The van der Waals surface area contributed by atoms with Crippen molar-refractivity contribution in [1.29, 1.82) is 0 Å². The molecule has 5 heteroatoms. The third kappa shape index (κ3) is 4.97. The van der Waals surface area contributed by atoms with Crippen LogP contribution in [0.25, 0.3) is 0 Å². The van der Waals surface area contributed by atoms with Gasteiger partial charge in [-0.25, -0.2) is 0 Å². The van der Waals surface area contributed by atoms with Gasteiger partial charge in [0.1, 0.15) is 0 Å². The molecule has 0 aliphatic carbocycles. The molecular weight excluding hydrogens is 334 g/mol. The fraction of sp³-hybridized carbons (Fsp3) is 0.350. The number of hydrogen-bond donors (Lipinski definition) is 1. The molecule has 0 bridgehead atoms. The molecule has 1 fully saturated rings. The zero-order chi connectivity index (χ0) is 17.6. The lowest BCUT2D eigenvalue weighted by Gasteiger charge is -2.35. The van der Waals surface area contributed by atoms with E-state index < -0.39 is 0 Å². The van der Waals surface area contributed by atoms with E-state index in [0.717, 1.165) is 44.0 Å². The highest BCUT2D eigenvalue weighted by molar-refractivity contribution is 6.30. The molecule has 1 N–H and O–H groups in total. The first kappa shape index (κ1) is 17.8. The van der Waals surface area contributed by atoms with Crippen LogP contribution < -0.4 is 10.2 Å². The molecule has 0 saturated carbocycles. The second-order valence-electron chi connectivity index (χ2n) is 6.32. The van der Waals surface area contributed by atoms with Crippen LogP contribution >= 0.6 is 11.6 Å². The van der Waals surface area contributed by atoms with Crippen LogP contribution in [0.3, 0.4) is 0 Å². The molecule has 132 valence electrons. The molecule has 0 radical (unpaired) electrons. The average Bonchev–Trinajstić information content (AvgIpc) is 2.64. The van der Waals surface area contributed by atoms with Crippen molar-refractivity contribution in [3.8, 4) is 0 Å². The second-order valence-corrected chi connectivity index (χ2v) is 6.76. The number of amides is 1. The maximum Gasteiger partial charge on any atom is 0.228 e. The summed E-state index contributed by atoms with van der Waals surface area (Å²) < 4.78 is 0. The highest BCUT2D eigenvalue weighted by Crippen LogP contribution is 2.20. The highest BCUT2D eigenvalue weighted by Gasteiger charge is 2.15. The standard InChI is InChI=1S/C20H24ClN3O/c1-2-23-11-13-24(14-12-23)19-9-7-18(8-10-19)22-20(25)15-16-3-5-17(21)6-4-16/h3-10H,2,11-15H2,1H3,(H,22,25). The number of carbonyl (C=O) groups excluding carboxylic acids is 1. The summed E-state index contributed by atoms with van der Waals surface area (Å²) in [5.41, 5.74) is 2.99. The number of hydrogen-bond acceptors (Lipinski definition) is 3. The Labute approximate surface area is 154 Å². The smallest absolute Gasteiger partial charge is 0.228 e. The van der Waals surface area contributed by atoms with Crippen LogP contribution in [0.4, 0.5) is 11.4 Å². The van der Waals surface area contributed by atoms with E-state index >= 15 is 0 Å². The Morgan fingerprint density at radius 1 is 1.00 bits per heavy atom. The van der Waals surface area contributed by atoms with Crippen LogP contribution in [0.5, 0.6) is 0 Å². The molecule has 0 unspecified atom stereocenters. The van der Waals surface area contributed by atoms with E-state index in [2.05, 4.69) is 34.2 Å². The molecule has 2 aromatic rings. The Bertz CT molecular complexity index is 692. The molecule has 1 aliphatic heterocycles. The summed E-state index contributed by atoms with van der Waals surface area (Å²) in [6, 6.07) is 15.5. The van der Waals surface area contributed by atoms with E-state index in [-0.39, 0.29) is 5.91 Å². The van der Waals surface area contributed by atoms with Gasteiger partial charge in [-0.3, -0.25) is 4.79 Å². The zero-order valence-electron chi connectivity index (χ0n) is 14.5. The third-order valence-corrected chi connectivity index (χ3v) is 4.87. The van der Waals surface area contributed by atoms with Gasteiger partial charge in [0.05, 0.1) is 6.42 Å². The Morgan fingerprint density at radius 3 is 2.24 bits per heavy atom. The van der Waals surface area contributed by atoms with Crippen molar-refractivity contribution in [1.82, 2.24) is 4.90 Å². The summed E-state index contributed by atoms with van der Waals surface area (Å²) in [5, 5.41) is 3.63. The number of carbonyl (C=O) groups is 1.